The SMILES string of the molecule is O=C(Nc1cnn(COCC(F)(F)F)c1)c1cccc(COc2ccc(Cl)cc2Cl)c1. The molecule has 0 saturated carbocycles. The van der Waals surface area contributed by atoms with E-state index in [2.05, 4.69) is 15.2 Å². The molecule has 0 unspecified atom stereocenters. The lowest BCUT2D eigenvalue weighted by atomic mass is 10.1. The molecular weight excluding hydrogens is 458 g/mol. The molecule has 0 spiro atoms. The summed E-state index contributed by atoms with van der Waals surface area (Å²) in [6.45, 7) is -1.60. The van der Waals surface area contributed by atoms with Crippen molar-refractivity contribution in [2.75, 3.05) is 11.9 Å². The van der Waals surface area contributed by atoms with E-state index in [0.717, 1.165) is 10.2 Å². The molecule has 0 fully saturated rings. The van der Waals surface area contributed by atoms with Gasteiger partial charge in [0.1, 0.15) is 25.7 Å². The van der Waals surface area contributed by atoms with E-state index >= 15 is 0 Å². The Morgan fingerprint density at radius 3 is 2.71 bits per heavy atom. The van der Waals surface area contributed by atoms with Crippen molar-refractivity contribution in [3.63, 3.8) is 0 Å². The zero-order chi connectivity index (χ0) is 22.4. The minimum atomic E-state index is -4.42. The van der Waals surface area contributed by atoms with Gasteiger partial charge in [-0.05, 0) is 35.9 Å². The van der Waals surface area contributed by atoms with Crippen molar-refractivity contribution in [3.05, 3.63) is 76.0 Å². The summed E-state index contributed by atoms with van der Waals surface area (Å²) < 4.78 is 47.7. The normalized spacial score (nSPS) is 11.4. The maximum atomic E-state index is 12.5. The van der Waals surface area contributed by atoms with Gasteiger partial charge in [-0.1, -0.05) is 35.3 Å². The first kappa shape index (κ1) is 22.9. The maximum absolute atomic E-state index is 12.5. The highest BCUT2D eigenvalue weighted by atomic mass is 35.5. The van der Waals surface area contributed by atoms with Crippen molar-refractivity contribution in [2.24, 2.45) is 0 Å². The lowest BCUT2D eigenvalue weighted by Gasteiger charge is -2.09. The number of anilines is 1. The third-order valence-electron chi connectivity index (χ3n) is 3.86. The summed E-state index contributed by atoms with van der Waals surface area (Å²) in [7, 11) is 0. The van der Waals surface area contributed by atoms with Gasteiger partial charge < -0.3 is 14.8 Å². The Kier molecular flexibility index (Phi) is 7.42. The average molecular weight is 474 g/mol. The molecule has 3 rings (SSSR count). The monoisotopic (exact) mass is 473 g/mol. The van der Waals surface area contributed by atoms with Crippen molar-refractivity contribution >= 4 is 34.8 Å². The number of halogens is 5. The lowest BCUT2D eigenvalue weighted by molar-refractivity contribution is -0.182. The summed E-state index contributed by atoms with van der Waals surface area (Å²) in [5.41, 5.74) is 1.41. The molecule has 3 aromatic rings. The Hall–Kier alpha value is -2.75. The number of benzene rings is 2. The maximum Gasteiger partial charge on any atom is 0.411 e. The molecule has 0 saturated heterocycles. The minimum Gasteiger partial charge on any atom is -0.487 e. The zero-order valence-corrected chi connectivity index (χ0v) is 17.3. The molecular formula is C20H16Cl2F3N3O3. The van der Waals surface area contributed by atoms with E-state index in [1.807, 2.05) is 0 Å². The summed E-state index contributed by atoms with van der Waals surface area (Å²) >= 11 is 11.9. The second-order valence-electron chi connectivity index (χ2n) is 6.38. The van der Waals surface area contributed by atoms with E-state index in [1.165, 1.54) is 12.4 Å². The number of hydrogen-bond acceptors (Lipinski definition) is 4. The standard InChI is InChI=1S/C20H16Cl2F3N3O3/c21-15-4-5-18(17(22)7-15)31-10-13-2-1-3-14(6-13)19(29)27-16-8-26-28(9-16)12-30-11-20(23,24)25/h1-9H,10-12H2,(H,27,29). The quantitative estimate of drug-likeness (QED) is 0.465. The van der Waals surface area contributed by atoms with Gasteiger partial charge in [0.2, 0.25) is 0 Å². The predicted octanol–water partition coefficient (Wildman–Crippen LogP) is 5.56. The Bertz CT molecular complexity index is 1060. The summed E-state index contributed by atoms with van der Waals surface area (Å²) in [6, 6.07) is 11.6. The largest absolute Gasteiger partial charge is 0.487 e. The molecule has 31 heavy (non-hydrogen) atoms. The van der Waals surface area contributed by atoms with Crippen molar-refractivity contribution in [1.82, 2.24) is 9.78 Å². The molecule has 0 aliphatic rings. The third kappa shape index (κ3) is 7.16. The molecule has 0 bridgehead atoms. The number of alkyl halides is 3. The molecule has 1 aromatic heterocycles. The van der Waals surface area contributed by atoms with E-state index in [-0.39, 0.29) is 6.61 Å². The Labute approximate surface area is 185 Å². The summed E-state index contributed by atoms with van der Waals surface area (Å²) in [6.07, 6.45) is -1.74. The van der Waals surface area contributed by atoms with Crippen molar-refractivity contribution < 1.29 is 27.4 Å². The van der Waals surface area contributed by atoms with Crippen LogP contribution in [0.25, 0.3) is 0 Å². The Balaban J connectivity index is 1.56. The number of rotatable bonds is 8. The average Bonchev–Trinajstić information content (AvgIpc) is 3.13. The summed E-state index contributed by atoms with van der Waals surface area (Å²) in [5.74, 6) is 0.0446. The Morgan fingerprint density at radius 1 is 1.16 bits per heavy atom. The van der Waals surface area contributed by atoms with Crippen LogP contribution in [-0.4, -0.2) is 28.5 Å². The fraction of sp³-hybridized carbons (Fsp3) is 0.200. The van der Waals surface area contributed by atoms with Crippen LogP contribution in [0.3, 0.4) is 0 Å². The summed E-state index contributed by atoms with van der Waals surface area (Å²) in [4.78, 5) is 12.5. The number of nitrogens with zero attached hydrogens (tertiary/aromatic N) is 2. The van der Waals surface area contributed by atoms with E-state index in [0.29, 0.717) is 27.0 Å². The molecule has 11 heteroatoms. The van der Waals surface area contributed by atoms with Crippen molar-refractivity contribution in [2.45, 2.75) is 19.5 Å². The van der Waals surface area contributed by atoms with Crippen molar-refractivity contribution in [1.29, 1.82) is 0 Å². The van der Waals surface area contributed by atoms with Crippen molar-refractivity contribution in [3.8, 4) is 5.75 Å². The molecule has 2 aromatic carbocycles. The van der Waals surface area contributed by atoms with E-state index in [4.69, 9.17) is 27.9 Å². The second kappa shape index (κ2) is 10.0. The van der Waals surface area contributed by atoms with Crippen LogP contribution in [0.2, 0.25) is 10.0 Å². The molecule has 0 aliphatic heterocycles. The highest BCUT2D eigenvalue weighted by Gasteiger charge is 2.27. The number of aromatic nitrogens is 2. The first-order valence-electron chi connectivity index (χ1n) is 8.85. The molecule has 1 heterocycles. The zero-order valence-electron chi connectivity index (χ0n) is 15.8. The van der Waals surface area contributed by atoms with Gasteiger partial charge in [-0.25, -0.2) is 4.68 Å². The molecule has 0 aliphatic carbocycles. The molecule has 1 amide bonds. The van der Waals surface area contributed by atoms with Gasteiger partial charge in [0, 0.05) is 10.6 Å². The molecule has 0 atom stereocenters. The van der Waals surface area contributed by atoms with Gasteiger partial charge >= 0.3 is 6.18 Å². The van der Waals surface area contributed by atoms with Crippen LogP contribution in [0.15, 0.2) is 54.9 Å². The van der Waals surface area contributed by atoms with Gasteiger partial charge in [0.05, 0.1) is 23.1 Å². The van der Waals surface area contributed by atoms with Crippen LogP contribution < -0.4 is 10.1 Å². The Morgan fingerprint density at radius 2 is 1.97 bits per heavy atom. The number of hydrogen-bond donors (Lipinski definition) is 1. The number of ether oxygens (including phenoxy) is 2. The van der Waals surface area contributed by atoms with Crippen LogP contribution >= 0.6 is 23.2 Å². The highest BCUT2D eigenvalue weighted by Crippen LogP contribution is 2.28. The summed E-state index contributed by atoms with van der Waals surface area (Å²) in [5, 5.41) is 7.33. The molecule has 1 N–H and O–H groups in total. The number of nitrogens with one attached hydrogen (secondary N) is 1. The first-order chi connectivity index (χ1) is 14.7. The van der Waals surface area contributed by atoms with Gasteiger partial charge in [-0.2, -0.15) is 18.3 Å². The first-order valence-corrected chi connectivity index (χ1v) is 9.60. The van der Waals surface area contributed by atoms with Gasteiger partial charge in [0.15, 0.2) is 0 Å². The fourth-order valence-electron chi connectivity index (χ4n) is 2.51. The van der Waals surface area contributed by atoms with Gasteiger partial charge in [-0.3, -0.25) is 4.79 Å². The number of amides is 1. The van der Waals surface area contributed by atoms with Crippen LogP contribution in [-0.2, 0) is 18.1 Å². The number of carbonyl (C=O) groups is 1. The van der Waals surface area contributed by atoms with E-state index < -0.39 is 25.4 Å². The van der Waals surface area contributed by atoms with E-state index in [1.54, 1.807) is 42.5 Å². The minimum absolute atomic E-state index is 0.178. The topological polar surface area (TPSA) is 65.4 Å². The van der Waals surface area contributed by atoms with Crippen LogP contribution in [0.5, 0.6) is 5.75 Å². The van der Waals surface area contributed by atoms with Gasteiger partial charge in [0.25, 0.3) is 5.91 Å². The van der Waals surface area contributed by atoms with Gasteiger partial charge in [-0.15, -0.1) is 0 Å². The van der Waals surface area contributed by atoms with Crippen LogP contribution in [0.4, 0.5) is 18.9 Å². The smallest absolute Gasteiger partial charge is 0.411 e. The van der Waals surface area contributed by atoms with Crippen LogP contribution in [0, 0.1) is 0 Å². The van der Waals surface area contributed by atoms with Crippen LogP contribution in [0.1, 0.15) is 15.9 Å². The number of carbonyl (C=O) groups excluding carboxylic acids is 1. The molecule has 164 valence electrons. The second-order valence-corrected chi connectivity index (χ2v) is 7.22. The molecule has 0 radical (unpaired) electrons. The fourth-order valence-corrected chi connectivity index (χ4v) is 2.98. The lowest BCUT2D eigenvalue weighted by Crippen LogP contribution is -2.18. The highest BCUT2D eigenvalue weighted by molar-refractivity contribution is 6.35. The third-order valence-corrected chi connectivity index (χ3v) is 4.39. The molecule has 6 nitrogen and oxygen atoms in total. The predicted molar refractivity (Wildman–Crippen MR) is 109 cm³/mol. The van der Waals surface area contributed by atoms with E-state index in [9.17, 15) is 18.0 Å².